The largest absolute Gasteiger partial charge is 0.347 e. The second kappa shape index (κ2) is 4.37. The highest BCUT2D eigenvalue weighted by Crippen LogP contribution is 2.65. The SMILES string of the molecule is CN1N=C2C(C)(CC[C@H]3C(C)(C)C4(CC[C@]23C)OCCO4)C1=O. The Labute approximate surface area is 138 Å². The predicted molar refractivity (Wildman–Crippen MR) is 86.8 cm³/mol. The summed E-state index contributed by atoms with van der Waals surface area (Å²) in [6, 6.07) is 0. The highest BCUT2D eigenvalue weighted by molar-refractivity contribution is 6.14. The van der Waals surface area contributed by atoms with Crippen molar-refractivity contribution in [3.63, 3.8) is 0 Å². The standard InChI is InChI=1S/C18H28N2O3/c1-15(2)12-6-7-17(4)13(19-20(5)14(17)21)16(12,3)8-9-18(15)22-10-11-23-18/h12H,6-11H2,1-5H3/t12-,16-,17?/m0/s1. The highest BCUT2D eigenvalue weighted by atomic mass is 16.7. The minimum Gasteiger partial charge on any atom is -0.347 e. The van der Waals surface area contributed by atoms with Crippen LogP contribution >= 0.6 is 0 Å². The molecule has 2 aliphatic heterocycles. The van der Waals surface area contributed by atoms with E-state index in [9.17, 15) is 4.79 Å². The van der Waals surface area contributed by atoms with E-state index in [4.69, 9.17) is 14.6 Å². The molecule has 5 heteroatoms. The van der Waals surface area contributed by atoms with Gasteiger partial charge in [0.1, 0.15) is 0 Å². The summed E-state index contributed by atoms with van der Waals surface area (Å²) in [5.41, 5.74) is 0.523. The normalized spacial score (nSPS) is 44.2. The van der Waals surface area contributed by atoms with E-state index in [-0.39, 0.29) is 16.7 Å². The first-order chi connectivity index (χ1) is 10.7. The van der Waals surface area contributed by atoms with Crippen molar-refractivity contribution in [2.75, 3.05) is 20.3 Å². The molecule has 2 aliphatic carbocycles. The van der Waals surface area contributed by atoms with Gasteiger partial charge in [-0.3, -0.25) is 4.79 Å². The number of amides is 1. The summed E-state index contributed by atoms with van der Waals surface area (Å²) in [5.74, 6) is 0.103. The molecule has 0 aromatic rings. The van der Waals surface area contributed by atoms with Crippen LogP contribution < -0.4 is 0 Å². The first-order valence-electron chi connectivity index (χ1n) is 8.83. The van der Waals surface area contributed by atoms with E-state index in [1.807, 2.05) is 0 Å². The van der Waals surface area contributed by atoms with Crippen LogP contribution in [0.5, 0.6) is 0 Å². The van der Waals surface area contributed by atoms with E-state index in [0.29, 0.717) is 19.1 Å². The topological polar surface area (TPSA) is 51.1 Å². The van der Waals surface area contributed by atoms with Crippen molar-refractivity contribution in [1.29, 1.82) is 0 Å². The van der Waals surface area contributed by atoms with Crippen molar-refractivity contribution in [3.05, 3.63) is 0 Å². The lowest BCUT2D eigenvalue weighted by Crippen LogP contribution is -2.64. The van der Waals surface area contributed by atoms with Crippen LogP contribution in [0.15, 0.2) is 5.10 Å². The molecule has 1 saturated heterocycles. The number of rotatable bonds is 0. The Morgan fingerprint density at radius 2 is 1.74 bits per heavy atom. The summed E-state index contributed by atoms with van der Waals surface area (Å²) < 4.78 is 12.3. The minimum absolute atomic E-state index is 0.0581. The van der Waals surface area contributed by atoms with Gasteiger partial charge in [0.05, 0.1) is 24.3 Å². The number of fused-ring (bicyclic) bond motifs is 3. The summed E-state index contributed by atoms with van der Waals surface area (Å²) in [4.78, 5) is 12.7. The van der Waals surface area contributed by atoms with Gasteiger partial charge in [-0.05, 0) is 32.1 Å². The van der Waals surface area contributed by atoms with Crippen LogP contribution in [0.25, 0.3) is 0 Å². The fourth-order valence-corrected chi connectivity index (χ4v) is 6.08. The van der Waals surface area contributed by atoms with Crippen LogP contribution in [0.2, 0.25) is 0 Å². The molecular formula is C18H28N2O3. The van der Waals surface area contributed by atoms with Gasteiger partial charge in [0.15, 0.2) is 5.79 Å². The zero-order chi connectivity index (χ0) is 16.7. The Morgan fingerprint density at radius 1 is 1.09 bits per heavy atom. The van der Waals surface area contributed by atoms with Crippen molar-refractivity contribution in [2.24, 2.45) is 27.3 Å². The van der Waals surface area contributed by atoms with E-state index in [0.717, 1.165) is 31.4 Å². The van der Waals surface area contributed by atoms with Gasteiger partial charge in [0.25, 0.3) is 5.91 Å². The van der Waals surface area contributed by atoms with Crippen LogP contribution in [0.3, 0.4) is 0 Å². The number of carbonyl (C=O) groups excluding carboxylic acids is 1. The lowest BCUT2D eigenvalue weighted by molar-refractivity contribution is -0.279. The second-order valence-corrected chi connectivity index (χ2v) is 8.79. The zero-order valence-corrected chi connectivity index (χ0v) is 14.9. The number of hydrogen-bond acceptors (Lipinski definition) is 4. The first-order valence-corrected chi connectivity index (χ1v) is 8.83. The predicted octanol–water partition coefficient (Wildman–Crippen LogP) is 2.80. The molecule has 0 N–H and O–H groups in total. The molecule has 0 aromatic carbocycles. The molecular weight excluding hydrogens is 292 g/mol. The Kier molecular flexibility index (Phi) is 2.96. The Bertz CT molecular complexity index is 593. The third kappa shape index (κ3) is 1.65. The van der Waals surface area contributed by atoms with Crippen LogP contribution in [-0.2, 0) is 14.3 Å². The third-order valence-corrected chi connectivity index (χ3v) is 7.36. The van der Waals surface area contributed by atoms with Gasteiger partial charge in [-0.15, -0.1) is 0 Å². The molecule has 0 radical (unpaired) electrons. The van der Waals surface area contributed by atoms with Gasteiger partial charge in [0.2, 0.25) is 0 Å². The highest BCUT2D eigenvalue weighted by Gasteiger charge is 2.68. The molecule has 1 amide bonds. The molecule has 2 saturated carbocycles. The second-order valence-electron chi connectivity index (χ2n) is 8.79. The van der Waals surface area contributed by atoms with Gasteiger partial charge in [0, 0.05) is 24.3 Å². The molecule has 128 valence electrons. The number of ether oxygens (including phenoxy) is 2. The van der Waals surface area contributed by atoms with Crippen molar-refractivity contribution in [1.82, 2.24) is 5.01 Å². The molecule has 5 nitrogen and oxygen atoms in total. The fraction of sp³-hybridized carbons (Fsp3) is 0.889. The molecule has 3 atom stereocenters. The van der Waals surface area contributed by atoms with E-state index < -0.39 is 11.2 Å². The molecule has 1 unspecified atom stereocenters. The minimum atomic E-state index is -0.458. The molecule has 4 rings (SSSR count). The summed E-state index contributed by atoms with van der Waals surface area (Å²) >= 11 is 0. The van der Waals surface area contributed by atoms with Crippen molar-refractivity contribution in [3.8, 4) is 0 Å². The monoisotopic (exact) mass is 320 g/mol. The van der Waals surface area contributed by atoms with Crippen LogP contribution in [0, 0.1) is 22.2 Å². The lowest BCUT2D eigenvalue weighted by atomic mass is 9.45. The lowest BCUT2D eigenvalue weighted by Gasteiger charge is -2.61. The van der Waals surface area contributed by atoms with E-state index in [1.165, 1.54) is 0 Å². The maximum absolute atomic E-state index is 12.7. The molecule has 4 aliphatic rings. The van der Waals surface area contributed by atoms with Crippen molar-refractivity contribution in [2.45, 2.75) is 59.2 Å². The van der Waals surface area contributed by atoms with Gasteiger partial charge in [-0.1, -0.05) is 20.8 Å². The van der Waals surface area contributed by atoms with E-state index in [1.54, 1.807) is 12.1 Å². The summed E-state index contributed by atoms with van der Waals surface area (Å²) in [7, 11) is 1.79. The quantitative estimate of drug-likeness (QED) is 0.689. The third-order valence-electron chi connectivity index (χ3n) is 7.36. The van der Waals surface area contributed by atoms with Gasteiger partial charge < -0.3 is 9.47 Å². The van der Waals surface area contributed by atoms with Crippen molar-refractivity contribution < 1.29 is 14.3 Å². The average Bonchev–Trinajstić information content (AvgIpc) is 3.05. The zero-order valence-electron chi connectivity index (χ0n) is 14.9. The molecule has 2 heterocycles. The average molecular weight is 320 g/mol. The van der Waals surface area contributed by atoms with Crippen LogP contribution in [-0.4, -0.2) is 42.7 Å². The fourth-order valence-electron chi connectivity index (χ4n) is 6.08. The Hall–Kier alpha value is -0.940. The van der Waals surface area contributed by atoms with Crippen LogP contribution in [0.4, 0.5) is 0 Å². The van der Waals surface area contributed by atoms with E-state index >= 15 is 0 Å². The first kappa shape index (κ1) is 15.6. The molecule has 3 fully saturated rings. The molecule has 0 bridgehead atoms. The van der Waals surface area contributed by atoms with Gasteiger partial charge >= 0.3 is 0 Å². The summed E-state index contributed by atoms with van der Waals surface area (Å²) in [5, 5.41) is 6.28. The summed E-state index contributed by atoms with van der Waals surface area (Å²) in [6.45, 7) is 10.3. The van der Waals surface area contributed by atoms with Gasteiger partial charge in [-0.2, -0.15) is 5.10 Å². The van der Waals surface area contributed by atoms with E-state index in [2.05, 4.69) is 27.7 Å². The smallest absolute Gasteiger partial charge is 0.254 e. The Morgan fingerprint density at radius 3 is 2.39 bits per heavy atom. The number of carbonyl (C=O) groups is 1. The molecule has 0 aromatic heterocycles. The molecule has 1 spiro atoms. The maximum Gasteiger partial charge on any atom is 0.254 e. The van der Waals surface area contributed by atoms with Crippen LogP contribution in [0.1, 0.15) is 53.4 Å². The number of hydrogen-bond donors (Lipinski definition) is 0. The summed E-state index contributed by atoms with van der Waals surface area (Å²) in [6.07, 6.45) is 3.73. The Balaban J connectivity index is 1.79. The van der Waals surface area contributed by atoms with Gasteiger partial charge in [-0.25, -0.2) is 5.01 Å². The number of hydrazone groups is 1. The van der Waals surface area contributed by atoms with Crippen molar-refractivity contribution >= 4 is 11.6 Å². The maximum atomic E-state index is 12.7. The molecule has 23 heavy (non-hydrogen) atoms. The number of nitrogens with zero attached hydrogens (tertiary/aromatic N) is 2.